The molecular formula is C38H42Cl7N2O4P. The van der Waals surface area contributed by atoms with Crippen LogP contribution in [0.1, 0.15) is 35.1 Å². The fourth-order valence-corrected chi connectivity index (χ4v) is 7.38. The first kappa shape index (κ1) is 43.8. The maximum Gasteiger partial charge on any atom is 0.118 e. The van der Waals surface area contributed by atoms with Crippen LogP contribution in [0.25, 0.3) is 0 Å². The molecule has 2 aliphatic rings. The lowest BCUT2D eigenvalue weighted by Gasteiger charge is -2.44. The molecule has 3 N–H and O–H groups in total. The molecule has 52 heavy (non-hydrogen) atoms. The lowest BCUT2D eigenvalue weighted by atomic mass is 9.82. The number of likely N-dealkylation sites (tertiary alicyclic amines) is 1. The van der Waals surface area contributed by atoms with Gasteiger partial charge in [0.2, 0.25) is 0 Å². The second kappa shape index (κ2) is 20.9. The van der Waals surface area contributed by atoms with E-state index < -0.39 is 11.2 Å². The summed E-state index contributed by atoms with van der Waals surface area (Å²) in [6.45, 7) is 3.44. The Kier molecular flexibility index (Phi) is 17.6. The van der Waals surface area contributed by atoms with E-state index in [9.17, 15) is 10.2 Å². The van der Waals surface area contributed by atoms with Crippen molar-refractivity contribution in [2.45, 2.75) is 49.5 Å². The Bertz CT molecular complexity index is 1720. The number of hydrogen-bond acceptors (Lipinski definition) is 6. The minimum atomic E-state index is -1.06. The largest absolute Gasteiger partial charge is 0.382 e. The van der Waals surface area contributed by atoms with Gasteiger partial charge >= 0.3 is 0 Å². The van der Waals surface area contributed by atoms with Crippen LogP contribution in [-0.4, -0.2) is 66.2 Å². The van der Waals surface area contributed by atoms with Crippen molar-refractivity contribution >= 4 is 90.4 Å². The molecule has 4 aromatic carbocycles. The fourth-order valence-electron chi connectivity index (χ4n) is 6.15. The van der Waals surface area contributed by atoms with Crippen LogP contribution in [0.3, 0.4) is 0 Å². The van der Waals surface area contributed by atoms with Crippen molar-refractivity contribution in [1.29, 1.82) is 0 Å². The van der Waals surface area contributed by atoms with Gasteiger partial charge in [0.15, 0.2) is 0 Å². The Morgan fingerprint density at radius 2 is 1.13 bits per heavy atom. The third kappa shape index (κ3) is 11.6. The number of piperidine rings is 2. The van der Waals surface area contributed by atoms with Crippen LogP contribution >= 0.6 is 90.4 Å². The molecule has 0 saturated carbocycles. The molecule has 0 bridgehead atoms. The molecule has 2 aliphatic heterocycles. The van der Waals surface area contributed by atoms with Gasteiger partial charge < -0.3 is 25.0 Å². The predicted molar refractivity (Wildman–Crippen MR) is 221 cm³/mol. The molecule has 6 rings (SSSR count). The standard InChI is InChI=1S/C19H21Cl3NO2P.C18H18Cl3NO2.CH3Cl/c20-15-4-2-14(3-5-15)19(24)7-8-23(12-26)10-18(19)25-11-13-1-6-16(21)17(22)9-13;19-14-4-2-13(3-5-14)18(23)7-8-22-10-17(18)24-11-12-1-6-15(20)16(21)9-12;1-2/h1-6,9,18,24H,7-8,10-12,26H2;1-6,9,17,22-23H,7-8,10-11H2;1H3/t18-,19-;17-,18-;/m11./s1. The molecule has 14 heteroatoms. The number of aliphatic hydroxyl groups is 2. The number of rotatable bonds is 9. The smallest absolute Gasteiger partial charge is 0.118 e. The summed E-state index contributed by atoms with van der Waals surface area (Å²) in [4.78, 5) is 2.24. The summed E-state index contributed by atoms with van der Waals surface area (Å²) in [6.07, 6.45) is 2.73. The Hall–Kier alpha value is -0.900. The van der Waals surface area contributed by atoms with E-state index >= 15 is 0 Å². The topological polar surface area (TPSA) is 74.2 Å². The van der Waals surface area contributed by atoms with Gasteiger partial charge in [0.05, 0.1) is 33.3 Å². The van der Waals surface area contributed by atoms with E-state index in [0.29, 0.717) is 69.3 Å². The first-order valence-corrected chi connectivity index (χ1v) is 20.3. The average molecular weight is 870 g/mol. The Balaban J connectivity index is 0.000000223. The summed E-state index contributed by atoms with van der Waals surface area (Å²) in [6, 6.07) is 25.4. The van der Waals surface area contributed by atoms with Crippen molar-refractivity contribution in [2.24, 2.45) is 0 Å². The summed E-state index contributed by atoms with van der Waals surface area (Å²) in [5.41, 5.74) is 1.36. The quantitative estimate of drug-likeness (QED) is 0.115. The van der Waals surface area contributed by atoms with E-state index in [-0.39, 0.29) is 12.2 Å². The highest BCUT2D eigenvalue weighted by atomic mass is 35.5. The summed E-state index contributed by atoms with van der Waals surface area (Å²) < 4.78 is 12.2. The zero-order chi connectivity index (χ0) is 37.9. The van der Waals surface area contributed by atoms with Crippen molar-refractivity contribution in [3.05, 3.63) is 137 Å². The Morgan fingerprint density at radius 3 is 1.60 bits per heavy atom. The first-order valence-electron chi connectivity index (χ1n) is 16.5. The van der Waals surface area contributed by atoms with E-state index in [4.69, 9.17) is 79.1 Å². The van der Waals surface area contributed by atoms with Gasteiger partial charge in [-0.1, -0.05) is 106 Å². The van der Waals surface area contributed by atoms with E-state index in [0.717, 1.165) is 41.6 Å². The van der Waals surface area contributed by atoms with Crippen LogP contribution in [0.5, 0.6) is 0 Å². The highest BCUT2D eigenvalue weighted by molar-refractivity contribution is 7.16. The average Bonchev–Trinajstić information content (AvgIpc) is 3.15. The SMILES string of the molecule is CCl.O[C@@]1(c2ccc(Cl)cc2)CCN(CP)C[C@H]1OCc1ccc(Cl)c(Cl)c1.O[C@@]1(c2ccc(Cl)cc2)CCNC[C@H]1OCc1ccc(Cl)c(Cl)c1. The molecule has 5 atom stereocenters. The van der Waals surface area contributed by atoms with Crippen molar-refractivity contribution < 1.29 is 19.7 Å². The molecule has 6 nitrogen and oxygen atoms in total. The van der Waals surface area contributed by atoms with E-state index in [2.05, 4.69) is 31.1 Å². The van der Waals surface area contributed by atoms with Crippen LogP contribution in [-0.2, 0) is 33.9 Å². The summed E-state index contributed by atoms with van der Waals surface area (Å²) in [5.74, 6) is 0. The van der Waals surface area contributed by atoms with Crippen LogP contribution in [0.2, 0.25) is 30.1 Å². The molecule has 2 fully saturated rings. The zero-order valence-corrected chi connectivity index (χ0v) is 34.9. The number of benzene rings is 4. The zero-order valence-electron chi connectivity index (χ0n) is 28.5. The van der Waals surface area contributed by atoms with E-state index in [1.165, 1.54) is 6.38 Å². The predicted octanol–water partition coefficient (Wildman–Crippen LogP) is 10.2. The fraction of sp³-hybridized carbons (Fsp3) is 0.368. The molecule has 282 valence electrons. The maximum absolute atomic E-state index is 11.4. The minimum absolute atomic E-state index is 0.346. The van der Waals surface area contributed by atoms with Crippen LogP contribution in [0, 0.1) is 0 Å². The monoisotopic (exact) mass is 866 g/mol. The molecule has 2 saturated heterocycles. The molecule has 2 heterocycles. The number of halogens is 7. The van der Waals surface area contributed by atoms with Gasteiger partial charge in [0, 0.05) is 42.3 Å². The lowest BCUT2D eigenvalue weighted by Crippen LogP contribution is -2.54. The van der Waals surface area contributed by atoms with E-state index in [1.807, 2.05) is 36.4 Å². The summed E-state index contributed by atoms with van der Waals surface area (Å²) in [5, 5.41) is 29.2. The van der Waals surface area contributed by atoms with Crippen LogP contribution in [0.15, 0.2) is 84.9 Å². The van der Waals surface area contributed by atoms with Crippen molar-refractivity contribution in [1.82, 2.24) is 10.2 Å². The van der Waals surface area contributed by atoms with Gasteiger partial charge in [-0.15, -0.1) is 20.8 Å². The number of alkyl halides is 1. The minimum Gasteiger partial charge on any atom is -0.382 e. The van der Waals surface area contributed by atoms with Crippen LogP contribution in [0.4, 0.5) is 0 Å². The third-order valence-corrected chi connectivity index (χ3v) is 11.6. The number of hydrogen-bond donors (Lipinski definition) is 3. The van der Waals surface area contributed by atoms with Gasteiger partial charge in [-0.2, -0.15) is 0 Å². The molecular weight excluding hydrogens is 828 g/mol. The molecule has 1 unspecified atom stereocenters. The molecule has 0 aromatic heterocycles. The van der Waals surface area contributed by atoms with Crippen molar-refractivity contribution in [2.75, 3.05) is 38.8 Å². The number of nitrogens with one attached hydrogen (secondary N) is 1. The van der Waals surface area contributed by atoms with E-state index in [1.54, 1.807) is 48.5 Å². The number of ether oxygens (including phenoxy) is 2. The summed E-state index contributed by atoms with van der Waals surface area (Å²) >= 11 is 40.6. The number of nitrogens with zero attached hydrogens (tertiary/aromatic N) is 1. The third-order valence-electron chi connectivity index (χ3n) is 9.13. The molecule has 0 radical (unpaired) electrons. The molecule has 0 aliphatic carbocycles. The lowest BCUT2D eigenvalue weighted by molar-refractivity contribution is -0.154. The van der Waals surface area contributed by atoms with Crippen LogP contribution < -0.4 is 5.32 Å². The summed E-state index contributed by atoms with van der Waals surface area (Å²) in [7, 11) is 2.73. The van der Waals surface area contributed by atoms with Gasteiger partial charge in [0.25, 0.3) is 0 Å². The highest BCUT2D eigenvalue weighted by Gasteiger charge is 2.44. The highest BCUT2D eigenvalue weighted by Crippen LogP contribution is 2.37. The Labute approximate surface area is 343 Å². The Morgan fingerprint density at radius 1 is 0.673 bits per heavy atom. The molecule has 0 spiro atoms. The maximum atomic E-state index is 11.4. The molecule has 4 aromatic rings. The molecule has 0 amide bonds. The normalized spacial score (nSPS) is 23.2. The van der Waals surface area contributed by atoms with Crippen molar-refractivity contribution in [3.8, 4) is 0 Å². The van der Waals surface area contributed by atoms with Gasteiger partial charge in [0.1, 0.15) is 23.4 Å². The van der Waals surface area contributed by atoms with Crippen molar-refractivity contribution in [3.63, 3.8) is 0 Å². The second-order valence-corrected chi connectivity index (χ2v) is 15.3. The van der Waals surface area contributed by atoms with Gasteiger partial charge in [-0.05, 0) is 90.2 Å². The first-order chi connectivity index (χ1) is 24.9. The van der Waals surface area contributed by atoms with Gasteiger partial charge in [-0.25, -0.2) is 0 Å². The van der Waals surface area contributed by atoms with Gasteiger partial charge in [-0.3, -0.25) is 4.90 Å². The second-order valence-electron chi connectivity index (χ2n) is 12.4.